The largest absolute Gasteiger partial charge is 0.351 e. The Morgan fingerprint density at radius 1 is 1.21 bits per heavy atom. The molecule has 1 saturated carbocycles. The minimum absolute atomic E-state index is 0.0474. The Bertz CT molecular complexity index is 873. The van der Waals surface area contributed by atoms with Crippen LogP contribution in [0, 0.1) is 5.92 Å². The number of aromatic nitrogens is 2. The van der Waals surface area contributed by atoms with Crippen LogP contribution in [0.15, 0.2) is 43.0 Å². The van der Waals surface area contributed by atoms with Crippen LogP contribution in [0.3, 0.4) is 0 Å². The van der Waals surface area contributed by atoms with E-state index in [0.717, 1.165) is 36.8 Å². The third kappa shape index (κ3) is 6.45. The fourth-order valence-electron chi connectivity index (χ4n) is 3.53. The maximum absolute atomic E-state index is 12.3. The highest BCUT2D eigenvalue weighted by Gasteiger charge is 2.24. The van der Waals surface area contributed by atoms with Gasteiger partial charge in [-0.1, -0.05) is 31.2 Å². The molecule has 1 aliphatic carbocycles. The van der Waals surface area contributed by atoms with E-state index in [9.17, 15) is 13.2 Å². The van der Waals surface area contributed by atoms with Gasteiger partial charge in [-0.25, -0.2) is 18.1 Å². The first-order valence-corrected chi connectivity index (χ1v) is 11.3. The second kappa shape index (κ2) is 9.34. The summed E-state index contributed by atoms with van der Waals surface area (Å²) in [5.41, 5.74) is 2.02. The van der Waals surface area contributed by atoms with E-state index in [4.69, 9.17) is 0 Å². The molecule has 2 N–H and O–H groups in total. The van der Waals surface area contributed by atoms with Crippen molar-refractivity contribution in [2.24, 2.45) is 5.92 Å². The molecular weight excluding hydrogens is 376 g/mol. The molecule has 1 aliphatic rings. The Hall–Kier alpha value is -2.19. The summed E-state index contributed by atoms with van der Waals surface area (Å²) >= 11 is 0. The van der Waals surface area contributed by atoms with Gasteiger partial charge >= 0.3 is 0 Å². The fraction of sp³-hybridized carbons (Fsp3) is 0.500. The van der Waals surface area contributed by atoms with Gasteiger partial charge in [-0.2, -0.15) is 0 Å². The highest BCUT2D eigenvalue weighted by Crippen LogP contribution is 2.23. The molecule has 0 radical (unpaired) electrons. The van der Waals surface area contributed by atoms with E-state index in [-0.39, 0.29) is 6.04 Å². The van der Waals surface area contributed by atoms with Gasteiger partial charge in [0.15, 0.2) is 0 Å². The van der Waals surface area contributed by atoms with Gasteiger partial charge in [0, 0.05) is 31.5 Å². The Kier molecular flexibility index (Phi) is 6.85. The molecule has 0 saturated heterocycles. The van der Waals surface area contributed by atoms with Crippen LogP contribution >= 0.6 is 0 Å². The van der Waals surface area contributed by atoms with Crippen molar-refractivity contribution in [2.75, 3.05) is 5.75 Å². The molecule has 0 aliphatic heterocycles. The summed E-state index contributed by atoms with van der Waals surface area (Å²) in [6.07, 6.45) is 9.09. The number of nitrogens with zero attached hydrogens (tertiary/aromatic N) is 2. The minimum Gasteiger partial charge on any atom is -0.351 e. The van der Waals surface area contributed by atoms with Gasteiger partial charge in [0.05, 0.1) is 6.33 Å². The van der Waals surface area contributed by atoms with Gasteiger partial charge in [0.25, 0.3) is 0 Å². The van der Waals surface area contributed by atoms with Crippen molar-refractivity contribution in [3.8, 4) is 0 Å². The molecule has 28 heavy (non-hydrogen) atoms. The number of hydrogen-bond acceptors (Lipinski definition) is 4. The van der Waals surface area contributed by atoms with Crippen molar-refractivity contribution in [3.05, 3.63) is 54.1 Å². The summed E-state index contributed by atoms with van der Waals surface area (Å²) < 4.78 is 29.1. The van der Waals surface area contributed by atoms with Crippen LogP contribution in [0.4, 0.5) is 0 Å². The van der Waals surface area contributed by atoms with Gasteiger partial charge in [-0.15, -0.1) is 0 Å². The Morgan fingerprint density at radius 3 is 2.68 bits per heavy atom. The highest BCUT2D eigenvalue weighted by molar-refractivity contribution is 7.90. The summed E-state index contributed by atoms with van der Waals surface area (Å²) in [7, 11) is -3.62. The zero-order chi connectivity index (χ0) is 20.0. The molecule has 8 heteroatoms. The monoisotopic (exact) mass is 404 g/mol. The maximum Gasteiger partial charge on any atom is 0.236 e. The number of nitrogens with one attached hydrogen (secondary N) is 2. The van der Waals surface area contributed by atoms with Crippen LogP contribution in [0.25, 0.3) is 0 Å². The predicted molar refractivity (Wildman–Crippen MR) is 108 cm³/mol. The zero-order valence-electron chi connectivity index (χ0n) is 16.2. The molecule has 0 spiro atoms. The summed E-state index contributed by atoms with van der Waals surface area (Å²) in [6.45, 7) is 3.18. The average Bonchev–Trinajstić information content (AvgIpc) is 3.15. The molecule has 1 aromatic carbocycles. The number of carbonyl (C=O) groups is 1. The SMILES string of the molecule is CC1CCC(NS(=O)(=O)CC(=O)NCc2cccc(Cn3ccnc3)c2)CC1. The smallest absolute Gasteiger partial charge is 0.236 e. The second-order valence-electron chi connectivity index (χ2n) is 7.67. The van der Waals surface area contributed by atoms with Crippen molar-refractivity contribution < 1.29 is 13.2 Å². The first-order chi connectivity index (χ1) is 13.4. The lowest BCUT2D eigenvalue weighted by atomic mass is 9.88. The van der Waals surface area contributed by atoms with Crippen molar-refractivity contribution in [2.45, 2.75) is 51.7 Å². The van der Waals surface area contributed by atoms with E-state index in [1.165, 1.54) is 0 Å². The Balaban J connectivity index is 1.47. The van der Waals surface area contributed by atoms with Gasteiger partial charge in [-0.05, 0) is 42.7 Å². The maximum atomic E-state index is 12.3. The molecule has 3 rings (SSSR count). The van der Waals surface area contributed by atoms with Crippen LogP contribution in [-0.4, -0.2) is 35.7 Å². The Morgan fingerprint density at radius 2 is 1.96 bits per heavy atom. The van der Waals surface area contributed by atoms with Gasteiger partial charge in [0.2, 0.25) is 15.9 Å². The van der Waals surface area contributed by atoms with E-state index in [1.54, 1.807) is 12.5 Å². The molecule has 0 unspecified atom stereocenters. The molecule has 0 atom stereocenters. The molecular formula is C20H28N4O3S. The first kappa shape index (κ1) is 20.5. The van der Waals surface area contributed by atoms with Gasteiger partial charge in [0.1, 0.15) is 5.75 Å². The van der Waals surface area contributed by atoms with E-state index in [0.29, 0.717) is 19.0 Å². The van der Waals surface area contributed by atoms with Crippen LogP contribution in [0.5, 0.6) is 0 Å². The van der Waals surface area contributed by atoms with Crippen LogP contribution in [0.2, 0.25) is 0 Å². The highest BCUT2D eigenvalue weighted by atomic mass is 32.2. The first-order valence-electron chi connectivity index (χ1n) is 9.70. The van der Waals surface area contributed by atoms with Gasteiger partial charge in [-0.3, -0.25) is 4.79 Å². The number of amides is 1. The zero-order valence-corrected chi connectivity index (χ0v) is 17.0. The molecule has 0 bridgehead atoms. The summed E-state index contributed by atoms with van der Waals surface area (Å²) in [4.78, 5) is 16.1. The second-order valence-corrected chi connectivity index (χ2v) is 9.42. The lowest BCUT2D eigenvalue weighted by molar-refractivity contribution is -0.118. The van der Waals surface area contributed by atoms with Crippen molar-refractivity contribution in [3.63, 3.8) is 0 Å². The third-order valence-electron chi connectivity index (χ3n) is 5.09. The van der Waals surface area contributed by atoms with E-state index >= 15 is 0 Å². The lowest BCUT2D eigenvalue weighted by Crippen LogP contribution is -2.42. The lowest BCUT2D eigenvalue weighted by Gasteiger charge is -2.26. The average molecular weight is 405 g/mol. The third-order valence-corrected chi connectivity index (χ3v) is 6.42. The Labute approximate surface area is 166 Å². The standard InChI is InChI=1S/C20H28N4O3S/c1-16-5-7-19(8-6-16)23-28(26,27)14-20(25)22-12-17-3-2-4-18(11-17)13-24-10-9-21-15-24/h2-4,9-11,15-16,19,23H,5-8,12-14H2,1H3,(H,22,25). The number of sulfonamides is 1. The van der Waals surface area contributed by atoms with Crippen molar-refractivity contribution in [1.29, 1.82) is 0 Å². The fourth-order valence-corrected chi connectivity index (χ4v) is 4.80. The van der Waals surface area contributed by atoms with Crippen LogP contribution in [-0.2, 0) is 27.9 Å². The van der Waals surface area contributed by atoms with Crippen molar-refractivity contribution in [1.82, 2.24) is 19.6 Å². The number of rotatable bonds is 8. The normalized spacial score (nSPS) is 20.0. The summed E-state index contributed by atoms with van der Waals surface area (Å²) in [5.74, 6) is -0.376. The van der Waals surface area contributed by atoms with Crippen LogP contribution in [0.1, 0.15) is 43.7 Å². The van der Waals surface area contributed by atoms with Crippen LogP contribution < -0.4 is 10.0 Å². The van der Waals surface area contributed by atoms with E-state index < -0.39 is 21.7 Å². The summed E-state index contributed by atoms with van der Waals surface area (Å²) in [6, 6.07) is 7.79. The minimum atomic E-state index is -3.62. The molecule has 1 aromatic heterocycles. The van der Waals surface area contributed by atoms with E-state index in [2.05, 4.69) is 21.9 Å². The molecule has 152 valence electrons. The topological polar surface area (TPSA) is 93.1 Å². The number of hydrogen-bond donors (Lipinski definition) is 2. The predicted octanol–water partition coefficient (Wildman–Crippen LogP) is 2.05. The molecule has 2 aromatic rings. The molecule has 1 amide bonds. The molecule has 1 heterocycles. The molecule has 1 fully saturated rings. The number of benzene rings is 1. The molecule has 7 nitrogen and oxygen atoms in total. The number of imidazole rings is 1. The quantitative estimate of drug-likeness (QED) is 0.704. The number of carbonyl (C=O) groups excluding carboxylic acids is 1. The summed E-state index contributed by atoms with van der Waals surface area (Å²) in [5, 5.41) is 2.71. The van der Waals surface area contributed by atoms with Crippen molar-refractivity contribution >= 4 is 15.9 Å². The van der Waals surface area contributed by atoms with E-state index in [1.807, 2.05) is 35.0 Å². The van der Waals surface area contributed by atoms with Gasteiger partial charge < -0.3 is 9.88 Å².